The van der Waals surface area contributed by atoms with Crippen molar-refractivity contribution < 1.29 is 4.79 Å². The molecule has 1 amide bonds. The molecule has 0 fully saturated rings. The minimum atomic E-state index is -0.598. The van der Waals surface area contributed by atoms with Gasteiger partial charge in [0.2, 0.25) is 0 Å². The number of nitrogens with zero attached hydrogens (tertiary/aromatic N) is 3. The van der Waals surface area contributed by atoms with Gasteiger partial charge in [0.05, 0.1) is 34.9 Å². The quantitative estimate of drug-likeness (QED) is 0.481. The van der Waals surface area contributed by atoms with Crippen molar-refractivity contribution in [2.45, 2.75) is 25.3 Å². The first kappa shape index (κ1) is 20.7. The van der Waals surface area contributed by atoms with Crippen LogP contribution >= 0.6 is 0 Å². The fraction of sp³-hybridized carbons (Fsp3) is 0.185. The fourth-order valence-electron chi connectivity index (χ4n) is 4.19. The number of aromatic nitrogens is 2. The summed E-state index contributed by atoms with van der Waals surface area (Å²) in [5, 5.41) is 16.9. The summed E-state index contributed by atoms with van der Waals surface area (Å²) in [4.78, 5) is 22.1. The van der Waals surface area contributed by atoms with Crippen LogP contribution in [0.4, 0.5) is 5.69 Å². The van der Waals surface area contributed by atoms with Crippen LogP contribution in [0.1, 0.15) is 35.0 Å². The van der Waals surface area contributed by atoms with E-state index in [1.807, 2.05) is 67.6 Å². The molecule has 5 rings (SSSR count). The molecule has 0 saturated heterocycles. The standard InChI is InChI=1S/C27H23N5O/c1-27(17-28)11-12-29-24-10-7-19(13-22(24)27)26(33)31-16-21-14-25-20(15-30-21)8-9-23(32-25)18-5-3-2-4-6-18/h2-10,13-15,29H,11-12,16H2,1H3,(H,31,33)/t27-/m0/s1. The molecule has 1 aliphatic rings. The van der Waals surface area contributed by atoms with E-state index in [2.05, 4.69) is 21.7 Å². The molecule has 0 bridgehead atoms. The van der Waals surface area contributed by atoms with Gasteiger partial charge < -0.3 is 10.6 Å². The van der Waals surface area contributed by atoms with E-state index in [0.29, 0.717) is 12.0 Å². The van der Waals surface area contributed by atoms with Crippen LogP contribution in [0.15, 0.2) is 72.9 Å². The largest absolute Gasteiger partial charge is 0.385 e. The summed E-state index contributed by atoms with van der Waals surface area (Å²) < 4.78 is 0. The maximum atomic E-state index is 12.8. The van der Waals surface area contributed by atoms with Crippen LogP contribution in [0, 0.1) is 11.3 Å². The van der Waals surface area contributed by atoms with Gasteiger partial charge in [0, 0.05) is 34.9 Å². The van der Waals surface area contributed by atoms with Crippen LogP contribution in [0.25, 0.3) is 22.2 Å². The molecule has 6 heteroatoms. The first-order valence-electron chi connectivity index (χ1n) is 10.9. The third-order valence-corrected chi connectivity index (χ3v) is 6.19. The normalized spacial score (nSPS) is 17.0. The number of hydrogen-bond acceptors (Lipinski definition) is 5. The molecular formula is C27H23N5O. The lowest BCUT2D eigenvalue weighted by Crippen LogP contribution is -2.31. The van der Waals surface area contributed by atoms with Gasteiger partial charge in [0.15, 0.2) is 0 Å². The summed E-state index contributed by atoms with van der Waals surface area (Å²) >= 11 is 0. The van der Waals surface area contributed by atoms with Gasteiger partial charge in [0.25, 0.3) is 5.91 Å². The molecule has 0 unspecified atom stereocenters. The second-order valence-electron chi connectivity index (χ2n) is 8.49. The Kier molecular flexibility index (Phi) is 5.23. The lowest BCUT2D eigenvalue weighted by Gasteiger charge is -2.31. The number of amides is 1. The van der Waals surface area contributed by atoms with Crippen molar-refractivity contribution in [3.8, 4) is 17.3 Å². The van der Waals surface area contributed by atoms with E-state index in [9.17, 15) is 10.1 Å². The van der Waals surface area contributed by atoms with E-state index in [1.165, 1.54) is 0 Å². The minimum Gasteiger partial charge on any atom is -0.385 e. The van der Waals surface area contributed by atoms with Crippen molar-refractivity contribution in [2.24, 2.45) is 0 Å². The number of fused-ring (bicyclic) bond motifs is 2. The summed E-state index contributed by atoms with van der Waals surface area (Å²) in [6.07, 6.45) is 2.49. The smallest absolute Gasteiger partial charge is 0.251 e. The number of benzene rings is 2. The van der Waals surface area contributed by atoms with E-state index in [-0.39, 0.29) is 12.5 Å². The number of anilines is 1. The molecule has 2 N–H and O–H groups in total. The summed E-state index contributed by atoms with van der Waals surface area (Å²) in [6.45, 7) is 2.96. The molecule has 0 radical (unpaired) electrons. The van der Waals surface area contributed by atoms with Crippen molar-refractivity contribution in [3.63, 3.8) is 0 Å². The average Bonchev–Trinajstić information content (AvgIpc) is 2.87. The van der Waals surface area contributed by atoms with Crippen LogP contribution < -0.4 is 10.6 Å². The summed E-state index contributed by atoms with van der Waals surface area (Å²) in [5.74, 6) is -0.198. The van der Waals surface area contributed by atoms with Gasteiger partial charge in [-0.25, -0.2) is 4.98 Å². The van der Waals surface area contributed by atoms with Crippen molar-refractivity contribution >= 4 is 22.5 Å². The maximum absolute atomic E-state index is 12.8. The number of nitriles is 1. The Balaban J connectivity index is 1.35. The van der Waals surface area contributed by atoms with E-state index < -0.39 is 5.41 Å². The highest BCUT2D eigenvalue weighted by Crippen LogP contribution is 2.37. The number of nitrogens with one attached hydrogen (secondary N) is 2. The van der Waals surface area contributed by atoms with Crippen molar-refractivity contribution in [1.82, 2.24) is 15.3 Å². The second kappa shape index (κ2) is 8.36. The van der Waals surface area contributed by atoms with Gasteiger partial charge in [-0.1, -0.05) is 30.3 Å². The third kappa shape index (κ3) is 4.01. The Labute approximate surface area is 192 Å². The van der Waals surface area contributed by atoms with E-state index in [1.54, 1.807) is 12.3 Å². The molecule has 0 saturated carbocycles. The monoisotopic (exact) mass is 433 g/mol. The average molecular weight is 434 g/mol. The zero-order valence-electron chi connectivity index (χ0n) is 18.3. The highest BCUT2D eigenvalue weighted by Gasteiger charge is 2.32. The van der Waals surface area contributed by atoms with Crippen molar-refractivity contribution in [2.75, 3.05) is 11.9 Å². The van der Waals surface area contributed by atoms with E-state index in [4.69, 9.17) is 4.98 Å². The zero-order valence-corrected chi connectivity index (χ0v) is 18.3. The Morgan fingerprint density at radius 1 is 1.15 bits per heavy atom. The van der Waals surface area contributed by atoms with Gasteiger partial charge in [-0.05, 0) is 55.3 Å². The number of carbonyl (C=O) groups excluding carboxylic acids is 1. The topological polar surface area (TPSA) is 90.7 Å². The molecule has 1 atom stereocenters. The summed E-state index contributed by atoms with van der Waals surface area (Å²) in [7, 11) is 0. The summed E-state index contributed by atoms with van der Waals surface area (Å²) in [6, 6.07) is 23.8. The van der Waals surface area contributed by atoms with Crippen LogP contribution in [0.2, 0.25) is 0 Å². The van der Waals surface area contributed by atoms with Crippen LogP contribution in [0.5, 0.6) is 0 Å². The van der Waals surface area contributed by atoms with Gasteiger partial charge in [-0.2, -0.15) is 5.26 Å². The SMILES string of the molecule is C[C@@]1(C#N)CCNc2ccc(C(=O)NCc3cc4nc(-c5ccccc5)ccc4cn3)cc21. The highest BCUT2D eigenvalue weighted by atomic mass is 16.1. The maximum Gasteiger partial charge on any atom is 0.251 e. The molecule has 162 valence electrons. The van der Waals surface area contributed by atoms with Gasteiger partial charge in [-0.3, -0.25) is 9.78 Å². The van der Waals surface area contributed by atoms with Crippen molar-refractivity contribution in [1.29, 1.82) is 5.26 Å². The molecule has 6 nitrogen and oxygen atoms in total. The molecule has 0 spiro atoms. The molecule has 33 heavy (non-hydrogen) atoms. The fourth-order valence-corrected chi connectivity index (χ4v) is 4.19. The Morgan fingerprint density at radius 2 is 2.00 bits per heavy atom. The number of carbonyl (C=O) groups is 1. The Morgan fingerprint density at radius 3 is 2.82 bits per heavy atom. The van der Waals surface area contributed by atoms with Crippen LogP contribution in [0.3, 0.4) is 0 Å². The highest BCUT2D eigenvalue weighted by molar-refractivity contribution is 5.95. The summed E-state index contributed by atoms with van der Waals surface area (Å²) in [5.41, 5.74) is 5.23. The predicted molar refractivity (Wildman–Crippen MR) is 129 cm³/mol. The molecule has 2 aromatic heterocycles. The zero-order chi connectivity index (χ0) is 22.8. The van der Waals surface area contributed by atoms with Gasteiger partial charge >= 0.3 is 0 Å². The molecular weight excluding hydrogens is 410 g/mol. The van der Waals surface area contributed by atoms with E-state index in [0.717, 1.165) is 45.6 Å². The molecule has 1 aliphatic heterocycles. The van der Waals surface area contributed by atoms with Crippen LogP contribution in [-0.4, -0.2) is 22.4 Å². The predicted octanol–water partition coefficient (Wildman–Crippen LogP) is 4.82. The Hall–Kier alpha value is -4.24. The molecule has 2 aromatic carbocycles. The number of rotatable bonds is 4. The van der Waals surface area contributed by atoms with Crippen molar-refractivity contribution in [3.05, 3.63) is 89.7 Å². The third-order valence-electron chi connectivity index (χ3n) is 6.19. The van der Waals surface area contributed by atoms with E-state index >= 15 is 0 Å². The lowest BCUT2D eigenvalue weighted by molar-refractivity contribution is 0.0950. The second-order valence-corrected chi connectivity index (χ2v) is 8.49. The first-order valence-corrected chi connectivity index (χ1v) is 10.9. The lowest BCUT2D eigenvalue weighted by atomic mass is 9.77. The molecule has 4 aromatic rings. The Bertz CT molecular complexity index is 1390. The molecule has 0 aliphatic carbocycles. The van der Waals surface area contributed by atoms with Crippen LogP contribution in [-0.2, 0) is 12.0 Å². The first-order chi connectivity index (χ1) is 16.1. The van der Waals surface area contributed by atoms with Gasteiger partial charge in [0.1, 0.15) is 0 Å². The van der Waals surface area contributed by atoms with Gasteiger partial charge in [-0.15, -0.1) is 0 Å². The number of pyridine rings is 2. The minimum absolute atomic E-state index is 0.198. The molecule has 3 heterocycles. The number of hydrogen-bond donors (Lipinski definition) is 2.